The van der Waals surface area contributed by atoms with Crippen LogP contribution in [-0.4, -0.2) is 35.9 Å². The fourth-order valence-electron chi connectivity index (χ4n) is 1.95. The van der Waals surface area contributed by atoms with E-state index >= 15 is 0 Å². The van der Waals surface area contributed by atoms with Crippen LogP contribution in [0.25, 0.3) is 0 Å². The van der Waals surface area contributed by atoms with E-state index in [4.69, 9.17) is 0 Å². The number of hydrogen-bond acceptors (Lipinski definition) is 5. The molecule has 6 nitrogen and oxygen atoms in total. The molecule has 0 spiro atoms. The molecule has 1 aromatic heterocycles. The van der Waals surface area contributed by atoms with E-state index in [1.807, 2.05) is 0 Å². The first-order valence-electron chi connectivity index (χ1n) is 5.61. The van der Waals surface area contributed by atoms with Crippen LogP contribution in [0.3, 0.4) is 0 Å². The third-order valence-electron chi connectivity index (χ3n) is 2.87. The van der Waals surface area contributed by atoms with Crippen LogP contribution in [0.2, 0.25) is 0 Å². The molecule has 0 unspecified atom stereocenters. The van der Waals surface area contributed by atoms with E-state index in [1.165, 1.54) is 23.9 Å². The molecule has 2 heterocycles. The minimum Gasteiger partial charge on any atom is -0.464 e. The highest BCUT2D eigenvalue weighted by Crippen LogP contribution is 2.15. The lowest BCUT2D eigenvalue weighted by molar-refractivity contribution is 0.0590. The molecule has 0 aliphatic carbocycles. The van der Waals surface area contributed by atoms with Crippen molar-refractivity contribution in [3.63, 3.8) is 0 Å². The van der Waals surface area contributed by atoms with Crippen LogP contribution in [0.4, 0.5) is 0 Å². The maximum atomic E-state index is 11.7. The van der Waals surface area contributed by atoms with E-state index in [9.17, 15) is 9.59 Å². The predicted octanol–water partition coefficient (Wildman–Crippen LogP) is -0.0456. The Hall–Kier alpha value is -1.69. The number of hydrogen-bond donors (Lipinski definition) is 1. The number of piperidine rings is 1. The van der Waals surface area contributed by atoms with Gasteiger partial charge in [-0.05, 0) is 32.0 Å². The van der Waals surface area contributed by atoms with Gasteiger partial charge in [-0.2, -0.15) is 5.10 Å². The molecule has 0 radical (unpaired) electrons. The summed E-state index contributed by atoms with van der Waals surface area (Å²) >= 11 is 0. The van der Waals surface area contributed by atoms with E-state index < -0.39 is 5.97 Å². The molecule has 1 aliphatic rings. The molecule has 0 amide bonds. The fourth-order valence-corrected chi connectivity index (χ4v) is 1.95. The van der Waals surface area contributed by atoms with Gasteiger partial charge in [-0.1, -0.05) is 0 Å². The van der Waals surface area contributed by atoms with Gasteiger partial charge in [0, 0.05) is 6.07 Å². The lowest BCUT2D eigenvalue weighted by Gasteiger charge is -2.23. The Bertz CT molecular complexity index is 463. The first-order valence-corrected chi connectivity index (χ1v) is 5.61. The average Bonchev–Trinajstić information content (AvgIpc) is 2.39. The number of nitrogens with one attached hydrogen (secondary N) is 1. The molecule has 17 heavy (non-hydrogen) atoms. The molecule has 1 aromatic rings. The average molecular weight is 237 g/mol. The maximum Gasteiger partial charge on any atom is 0.358 e. The number of ether oxygens (including phenoxy) is 1. The summed E-state index contributed by atoms with van der Waals surface area (Å²) < 4.78 is 5.99. The Balaban J connectivity index is 2.31. The number of nitrogens with zero attached hydrogens (tertiary/aromatic N) is 2. The lowest BCUT2D eigenvalue weighted by atomic mass is 10.1. The van der Waals surface area contributed by atoms with Gasteiger partial charge in [0.1, 0.15) is 0 Å². The Morgan fingerprint density at radius 1 is 1.47 bits per heavy atom. The monoisotopic (exact) mass is 237 g/mol. The first-order chi connectivity index (χ1) is 8.22. The third kappa shape index (κ3) is 2.52. The van der Waals surface area contributed by atoms with E-state index in [1.54, 1.807) is 0 Å². The topological polar surface area (TPSA) is 73.2 Å². The van der Waals surface area contributed by atoms with Crippen molar-refractivity contribution in [3.05, 3.63) is 28.2 Å². The zero-order valence-corrected chi connectivity index (χ0v) is 9.68. The van der Waals surface area contributed by atoms with Gasteiger partial charge < -0.3 is 10.1 Å². The maximum absolute atomic E-state index is 11.7. The van der Waals surface area contributed by atoms with Crippen LogP contribution >= 0.6 is 0 Å². The summed E-state index contributed by atoms with van der Waals surface area (Å²) in [6.45, 7) is 1.72. The summed E-state index contributed by atoms with van der Waals surface area (Å²) in [5.74, 6) is -0.521. The zero-order valence-electron chi connectivity index (χ0n) is 9.68. The van der Waals surface area contributed by atoms with Crippen LogP contribution in [-0.2, 0) is 4.74 Å². The highest BCUT2D eigenvalue weighted by Gasteiger charge is 2.18. The van der Waals surface area contributed by atoms with Gasteiger partial charge in [-0.15, -0.1) is 0 Å². The van der Waals surface area contributed by atoms with Crippen molar-refractivity contribution in [2.24, 2.45) is 0 Å². The van der Waals surface area contributed by atoms with Gasteiger partial charge in [0.2, 0.25) is 0 Å². The third-order valence-corrected chi connectivity index (χ3v) is 2.87. The molecule has 1 aliphatic heterocycles. The second kappa shape index (κ2) is 5.09. The molecule has 0 aromatic carbocycles. The predicted molar refractivity (Wildman–Crippen MR) is 61.0 cm³/mol. The van der Waals surface area contributed by atoms with Crippen molar-refractivity contribution >= 4 is 5.97 Å². The number of carbonyl (C=O) groups excluding carboxylic acids is 1. The van der Waals surface area contributed by atoms with Gasteiger partial charge in [-0.3, -0.25) is 4.79 Å². The van der Waals surface area contributed by atoms with Gasteiger partial charge in [0.25, 0.3) is 5.56 Å². The summed E-state index contributed by atoms with van der Waals surface area (Å²) in [6.07, 6.45) is 1.69. The van der Waals surface area contributed by atoms with Crippen molar-refractivity contribution < 1.29 is 9.53 Å². The standard InChI is InChI=1S/C11H15N3O3/c1-17-11(16)9-2-3-10(15)14(13-9)8-4-6-12-7-5-8/h2-3,8,12H,4-7H2,1H3. The second-order valence-corrected chi connectivity index (χ2v) is 3.97. The molecule has 6 heteroatoms. The van der Waals surface area contributed by atoms with Crippen LogP contribution < -0.4 is 10.9 Å². The number of aromatic nitrogens is 2. The minimum absolute atomic E-state index is 0.0633. The molecule has 1 N–H and O–H groups in total. The molecule has 92 valence electrons. The number of methoxy groups -OCH3 is 1. The molecular weight excluding hydrogens is 222 g/mol. The van der Waals surface area contributed by atoms with Crippen LogP contribution in [0.1, 0.15) is 29.4 Å². The van der Waals surface area contributed by atoms with Gasteiger partial charge in [0.05, 0.1) is 13.2 Å². The van der Waals surface area contributed by atoms with E-state index in [0.717, 1.165) is 25.9 Å². The molecule has 0 saturated carbocycles. The van der Waals surface area contributed by atoms with Gasteiger partial charge >= 0.3 is 5.97 Å². The summed E-state index contributed by atoms with van der Waals surface area (Å²) in [7, 11) is 1.30. The Labute approximate surface area is 98.6 Å². The molecule has 2 rings (SSSR count). The highest BCUT2D eigenvalue weighted by molar-refractivity contribution is 5.86. The molecule has 1 fully saturated rings. The number of carbonyl (C=O) groups is 1. The summed E-state index contributed by atoms with van der Waals surface area (Å²) in [5.41, 5.74) is -0.00446. The SMILES string of the molecule is COC(=O)c1ccc(=O)n(C2CCNCC2)n1. The first kappa shape index (κ1) is 11.8. The van der Waals surface area contributed by atoms with Crippen molar-refractivity contribution in [2.45, 2.75) is 18.9 Å². The number of esters is 1. The fraction of sp³-hybridized carbons (Fsp3) is 0.545. The largest absolute Gasteiger partial charge is 0.464 e. The molecule has 0 atom stereocenters. The van der Waals surface area contributed by atoms with E-state index in [0.29, 0.717) is 0 Å². The quantitative estimate of drug-likeness (QED) is 0.730. The zero-order chi connectivity index (χ0) is 12.3. The molecule has 1 saturated heterocycles. The van der Waals surface area contributed by atoms with Crippen LogP contribution in [0.15, 0.2) is 16.9 Å². The van der Waals surface area contributed by atoms with Crippen molar-refractivity contribution in [2.75, 3.05) is 20.2 Å². The Kier molecular flexibility index (Phi) is 3.53. The van der Waals surface area contributed by atoms with E-state index in [2.05, 4.69) is 15.2 Å². The summed E-state index contributed by atoms with van der Waals surface area (Å²) in [5, 5.41) is 7.29. The summed E-state index contributed by atoms with van der Waals surface area (Å²) in [6, 6.07) is 2.82. The van der Waals surface area contributed by atoms with Gasteiger partial charge in [0.15, 0.2) is 5.69 Å². The van der Waals surface area contributed by atoms with E-state index in [-0.39, 0.29) is 17.3 Å². The number of rotatable bonds is 2. The minimum atomic E-state index is -0.521. The van der Waals surface area contributed by atoms with Gasteiger partial charge in [-0.25, -0.2) is 9.48 Å². The Morgan fingerprint density at radius 2 is 2.18 bits per heavy atom. The van der Waals surface area contributed by atoms with Crippen molar-refractivity contribution in [1.29, 1.82) is 0 Å². The normalized spacial score (nSPS) is 16.8. The second-order valence-electron chi connectivity index (χ2n) is 3.97. The van der Waals surface area contributed by atoms with Crippen molar-refractivity contribution in [3.8, 4) is 0 Å². The lowest BCUT2D eigenvalue weighted by Crippen LogP contribution is -2.36. The highest BCUT2D eigenvalue weighted by atomic mass is 16.5. The molecular formula is C11H15N3O3. The van der Waals surface area contributed by atoms with Crippen LogP contribution in [0, 0.1) is 0 Å². The van der Waals surface area contributed by atoms with Crippen LogP contribution in [0.5, 0.6) is 0 Å². The summed E-state index contributed by atoms with van der Waals surface area (Å²) in [4.78, 5) is 23.1. The smallest absolute Gasteiger partial charge is 0.358 e. The Morgan fingerprint density at radius 3 is 2.82 bits per heavy atom. The molecule has 0 bridgehead atoms. The van der Waals surface area contributed by atoms with Crippen molar-refractivity contribution in [1.82, 2.24) is 15.1 Å².